The Morgan fingerprint density at radius 3 is 2.42 bits per heavy atom. The van der Waals surface area contributed by atoms with Crippen molar-refractivity contribution in [3.63, 3.8) is 0 Å². The molecule has 5 nitrogen and oxygen atoms in total. The molecule has 160 valence electrons. The van der Waals surface area contributed by atoms with E-state index in [-0.39, 0.29) is 18.2 Å². The van der Waals surface area contributed by atoms with Gasteiger partial charge < -0.3 is 15.0 Å². The van der Waals surface area contributed by atoms with E-state index in [4.69, 9.17) is 16.3 Å². The quantitative estimate of drug-likeness (QED) is 0.588. The van der Waals surface area contributed by atoms with Crippen molar-refractivity contribution in [2.45, 2.75) is 13.3 Å². The number of hydrogen-bond acceptors (Lipinski definition) is 4. The van der Waals surface area contributed by atoms with Crippen molar-refractivity contribution in [1.29, 1.82) is 0 Å². The molecule has 1 aromatic heterocycles. The van der Waals surface area contributed by atoms with Crippen molar-refractivity contribution in [1.82, 2.24) is 4.90 Å². The smallest absolute Gasteiger partial charge is 0.257 e. The normalized spacial score (nSPS) is 13.8. The Balaban J connectivity index is 1.65. The highest BCUT2D eigenvalue weighted by Crippen LogP contribution is 2.40. The van der Waals surface area contributed by atoms with Crippen LogP contribution in [0.1, 0.15) is 21.5 Å². The number of benzene rings is 2. The summed E-state index contributed by atoms with van der Waals surface area (Å²) in [5.74, 6) is -0.236. The van der Waals surface area contributed by atoms with Crippen molar-refractivity contribution < 1.29 is 14.3 Å². The number of carbonyl (C=O) groups excluding carboxylic acids is 2. The lowest BCUT2D eigenvalue weighted by Crippen LogP contribution is -2.41. The van der Waals surface area contributed by atoms with Gasteiger partial charge in [-0.2, -0.15) is 0 Å². The van der Waals surface area contributed by atoms with Gasteiger partial charge in [0, 0.05) is 23.0 Å². The number of morpholine rings is 1. The number of nitrogens with one attached hydrogen (secondary N) is 1. The Kier molecular flexibility index (Phi) is 6.70. The monoisotopic (exact) mass is 454 g/mol. The van der Waals surface area contributed by atoms with Crippen LogP contribution in [-0.4, -0.2) is 43.0 Å². The first kappa shape index (κ1) is 21.6. The van der Waals surface area contributed by atoms with E-state index in [2.05, 4.69) is 5.32 Å². The minimum Gasteiger partial charge on any atom is -0.378 e. The second-order valence-electron chi connectivity index (χ2n) is 7.38. The molecule has 0 radical (unpaired) electrons. The molecule has 0 bridgehead atoms. The van der Waals surface area contributed by atoms with Gasteiger partial charge in [0.05, 0.1) is 25.2 Å². The molecule has 0 unspecified atom stereocenters. The molecule has 1 aliphatic heterocycles. The molecule has 7 heteroatoms. The number of nitrogens with zero attached hydrogens (tertiary/aromatic N) is 1. The molecule has 2 heterocycles. The van der Waals surface area contributed by atoms with E-state index in [1.165, 1.54) is 11.3 Å². The molecule has 0 atom stereocenters. The number of ether oxygens (including phenoxy) is 1. The van der Waals surface area contributed by atoms with Crippen LogP contribution in [0.15, 0.2) is 54.6 Å². The summed E-state index contributed by atoms with van der Waals surface area (Å²) in [6.45, 7) is 4.10. The zero-order valence-electron chi connectivity index (χ0n) is 17.2. The van der Waals surface area contributed by atoms with Crippen molar-refractivity contribution >= 4 is 39.8 Å². The van der Waals surface area contributed by atoms with Crippen molar-refractivity contribution in [2.75, 3.05) is 31.6 Å². The number of carbonyl (C=O) groups is 2. The Hall–Kier alpha value is -2.67. The van der Waals surface area contributed by atoms with E-state index in [9.17, 15) is 9.59 Å². The van der Waals surface area contributed by atoms with Gasteiger partial charge in [0.25, 0.3) is 5.91 Å². The van der Waals surface area contributed by atoms with E-state index >= 15 is 0 Å². The molecule has 0 saturated carbocycles. The molecule has 1 fully saturated rings. The fourth-order valence-electron chi connectivity index (χ4n) is 3.61. The van der Waals surface area contributed by atoms with Crippen LogP contribution in [0.2, 0.25) is 5.02 Å². The van der Waals surface area contributed by atoms with Gasteiger partial charge in [-0.25, -0.2) is 0 Å². The maximum atomic E-state index is 13.4. The Labute approximate surface area is 190 Å². The number of amides is 2. The predicted molar refractivity (Wildman–Crippen MR) is 125 cm³/mol. The van der Waals surface area contributed by atoms with Gasteiger partial charge in [-0.1, -0.05) is 54.1 Å². The minimum atomic E-state index is -0.167. The van der Waals surface area contributed by atoms with E-state index < -0.39 is 0 Å². The first-order chi connectivity index (χ1) is 15.0. The van der Waals surface area contributed by atoms with Crippen LogP contribution in [0.5, 0.6) is 0 Å². The van der Waals surface area contributed by atoms with Crippen molar-refractivity contribution in [3.8, 4) is 10.4 Å². The highest BCUT2D eigenvalue weighted by Gasteiger charge is 2.27. The maximum absolute atomic E-state index is 13.4. The van der Waals surface area contributed by atoms with Crippen molar-refractivity contribution in [3.05, 3.63) is 76.3 Å². The molecule has 1 saturated heterocycles. The van der Waals surface area contributed by atoms with Crippen LogP contribution in [0, 0.1) is 6.92 Å². The molecule has 1 aliphatic rings. The first-order valence-corrected chi connectivity index (χ1v) is 11.3. The Morgan fingerprint density at radius 1 is 1.06 bits per heavy atom. The average Bonchev–Trinajstić information content (AvgIpc) is 3.11. The van der Waals surface area contributed by atoms with Crippen LogP contribution in [0.3, 0.4) is 0 Å². The molecule has 2 amide bonds. The lowest BCUT2D eigenvalue weighted by Gasteiger charge is -2.27. The maximum Gasteiger partial charge on any atom is 0.257 e. The Morgan fingerprint density at radius 2 is 1.74 bits per heavy atom. The van der Waals surface area contributed by atoms with Gasteiger partial charge >= 0.3 is 0 Å². The first-order valence-electron chi connectivity index (χ1n) is 10.1. The molecule has 1 N–H and O–H groups in total. The number of hydrogen-bond donors (Lipinski definition) is 1. The number of anilines is 1. The molecule has 3 aromatic rings. The van der Waals surface area contributed by atoms with Gasteiger partial charge in [-0.05, 0) is 35.7 Å². The van der Waals surface area contributed by atoms with Crippen LogP contribution >= 0.6 is 22.9 Å². The minimum absolute atomic E-state index is 0.0685. The van der Waals surface area contributed by atoms with Gasteiger partial charge in [-0.3, -0.25) is 9.59 Å². The van der Waals surface area contributed by atoms with Crippen LogP contribution in [0.25, 0.3) is 10.4 Å². The summed E-state index contributed by atoms with van der Waals surface area (Å²) in [5.41, 5.74) is 3.34. The second-order valence-corrected chi connectivity index (χ2v) is 8.84. The average molecular weight is 455 g/mol. The number of halogens is 1. The van der Waals surface area contributed by atoms with Gasteiger partial charge in [0.2, 0.25) is 5.91 Å². The van der Waals surface area contributed by atoms with E-state index in [1.807, 2.05) is 49.4 Å². The largest absolute Gasteiger partial charge is 0.378 e. The fraction of sp³-hybridized carbons (Fsp3) is 0.250. The van der Waals surface area contributed by atoms with Crippen LogP contribution in [0.4, 0.5) is 5.00 Å². The third kappa shape index (κ3) is 4.98. The summed E-state index contributed by atoms with van der Waals surface area (Å²) in [7, 11) is 0. The molecule has 31 heavy (non-hydrogen) atoms. The van der Waals surface area contributed by atoms with Crippen LogP contribution < -0.4 is 5.32 Å². The molecule has 4 rings (SSSR count). The third-order valence-electron chi connectivity index (χ3n) is 5.23. The number of rotatable bonds is 5. The van der Waals surface area contributed by atoms with Gasteiger partial charge in [0.1, 0.15) is 5.00 Å². The fourth-order valence-corrected chi connectivity index (χ4v) is 4.95. The highest BCUT2D eigenvalue weighted by molar-refractivity contribution is 7.20. The van der Waals surface area contributed by atoms with Gasteiger partial charge in [0.15, 0.2) is 0 Å². The lowest BCUT2D eigenvalue weighted by molar-refractivity contribution is -0.115. The Bertz CT molecular complexity index is 1070. The molecule has 2 aromatic carbocycles. The number of thiophene rings is 1. The summed E-state index contributed by atoms with van der Waals surface area (Å²) >= 11 is 7.38. The van der Waals surface area contributed by atoms with Crippen LogP contribution in [-0.2, 0) is 16.0 Å². The van der Waals surface area contributed by atoms with E-state index in [0.717, 1.165) is 21.6 Å². The molecular formula is C24H23ClN2O3S. The highest BCUT2D eigenvalue weighted by atomic mass is 35.5. The summed E-state index contributed by atoms with van der Waals surface area (Å²) in [5, 5.41) is 4.21. The second kappa shape index (κ2) is 9.64. The zero-order chi connectivity index (χ0) is 21.8. The SMILES string of the molecule is Cc1c(-c2ccccc2)sc(NC(=O)Cc2ccc(Cl)cc2)c1C(=O)N1CCOCC1. The topological polar surface area (TPSA) is 58.6 Å². The molecular weight excluding hydrogens is 432 g/mol. The summed E-state index contributed by atoms with van der Waals surface area (Å²) in [6, 6.07) is 17.1. The summed E-state index contributed by atoms with van der Waals surface area (Å²) < 4.78 is 5.39. The van der Waals surface area contributed by atoms with Gasteiger partial charge in [-0.15, -0.1) is 11.3 Å². The van der Waals surface area contributed by atoms with E-state index in [1.54, 1.807) is 17.0 Å². The summed E-state index contributed by atoms with van der Waals surface area (Å²) in [6.07, 6.45) is 0.208. The summed E-state index contributed by atoms with van der Waals surface area (Å²) in [4.78, 5) is 28.9. The van der Waals surface area contributed by atoms with E-state index in [0.29, 0.717) is 41.9 Å². The predicted octanol–water partition coefficient (Wildman–Crippen LogP) is 5.03. The molecule has 0 aliphatic carbocycles. The zero-order valence-corrected chi connectivity index (χ0v) is 18.8. The van der Waals surface area contributed by atoms with Crippen molar-refractivity contribution in [2.24, 2.45) is 0 Å². The standard InChI is InChI=1S/C24H23ClN2O3S/c1-16-21(24(29)27-11-13-30-14-12-27)23(31-22(16)18-5-3-2-4-6-18)26-20(28)15-17-7-9-19(25)10-8-17/h2-10H,11-15H2,1H3,(H,26,28). The lowest BCUT2D eigenvalue weighted by atomic mass is 10.1. The molecule has 0 spiro atoms. The third-order valence-corrected chi connectivity index (χ3v) is 6.73.